The fourth-order valence-corrected chi connectivity index (χ4v) is 3.58. The van der Waals surface area contributed by atoms with Crippen LogP contribution in [0.2, 0.25) is 0 Å². The number of cyclic esters (lactones) is 2. The smallest absolute Gasteiger partial charge is 0.414 e. The van der Waals surface area contributed by atoms with Crippen LogP contribution in [0.5, 0.6) is 0 Å². The molecule has 1 fully saturated rings. The molecule has 28 heavy (non-hydrogen) atoms. The van der Waals surface area contributed by atoms with Gasteiger partial charge in [0.25, 0.3) is 0 Å². The highest BCUT2D eigenvalue weighted by atomic mass is 16.6. The zero-order valence-corrected chi connectivity index (χ0v) is 16.4. The Kier molecular flexibility index (Phi) is 5.10. The molecule has 9 heteroatoms. The summed E-state index contributed by atoms with van der Waals surface area (Å²) in [6.07, 6.45) is -2.18. The van der Waals surface area contributed by atoms with Gasteiger partial charge in [0.2, 0.25) is 0 Å². The maximum atomic E-state index is 12.5. The van der Waals surface area contributed by atoms with Crippen molar-refractivity contribution in [2.45, 2.75) is 39.3 Å². The number of anilines is 2. The van der Waals surface area contributed by atoms with Gasteiger partial charge in [-0.1, -0.05) is 20.8 Å². The Morgan fingerprint density at radius 1 is 1.29 bits per heavy atom. The highest BCUT2D eigenvalue weighted by Crippen LogP contribution is 2.33. The third-order valence-electron chi connectivity index (χ3n) is 5.03. The van der Waals surface area contributed by atoms with Gasteiger partial charge in [-0.2, -0.15) is 0 Å². The Morgan fingerprint density at radius 2 is 2.00 bits per heavy atom. The third kappa shape index (κ3) is 3.83. The highest BCUT2D eigenvalue weighted by Gasteiger charge is 2.43. The van der Waals surface area contributed by atoms with E-state index in [1.807, 2.05) is 26.8 Å². The molecule has 2 aliphatic heterocycles. The van der Waals surface area contributed by atoms with E-state index in [1.54, 1.807) is 19.2 Å². The minimum atomic E-state index is -1.16. The molecule has 9 nitrogen and oxygen atoms in total. The lowest BCUT2D eigenvalue weighted by atomic mass is 9.83. The van der Waals surface area contributed by atoms with E-state index in [4.69, 9.17) is 14.6 Å². The molecule has 0 bridgehead atoms. The van der Waals surface area contributed by atoms with Crippen molar-refractivity contribution in [1.82, 2.24) is 5.32 Å². The van der Waals surface area contributed by atoms with Gasteiger partial charge in [0.05, 0.1) is 24.9 Å². The summed E-state index contributed by atoms with van der Waals surface area (Å²) in [7, 11) is 1.64. The Morgan fingerprint density at radius 3 is 2.64 bits per heavy atom. The molecule has 3 amide bonds. The van der Waals surface area contributed by atoms with Crippen molar-refractivity contribution in [2.75, 3.05) is 30.0 Å². The van der Waals surface area contributed by atoms with Crippen LogP contribution in [0.25, 0.3) is 0 Å². The number of ether oxygens (including phenoxy) is 2. The van der Waals surface area contributed by atoms with E-state index in [2.05, 4.69) is 5.32 Å². The molecule has 0 saturated carbocycles. The molecule has 0 radical (unpaired) electrons. The molecule has 3 rings (SSSR count). The largest absolute Gasteiger partial charge is 0.465 e. The summed E-state index contributed by atoms with van der Waals surface area (Å²) in [6, 6.07) is 4.80. The SMILES string of the molecule is CN1C(=O)OCCc2cc(N3C[C@@H](C(NC(=O)O)C(C)(C)C)OC3=O)ccc21. The average Bonchev–Trinajstić information content (AvgIpc) is 2.92. The Hall–Kier alpha value is -2.97. The first-order chi connectivity index (χ1) is 13.1. The van der Waals surface area contributed by atoms with Gasteiger partial charge in [0.1, 0.15) is 6.10 Å². The summed E-state index contributed by atoms with van der Waals surface area (Å²) in [5, 5.41) is 11.6. The van der Waals surface area contributed by atoms with Crippen LogP contribution in [-0.4, -0.2) is 55.7 Å². The number of hydrogen-bond acceptors (Lipinski definition) is 5. The second-order valence-electron chi connectivity index (χ2n) is 8.06. The molecule has 1 aromatic rings. The van der Waals surface area contributed by atoms with Crippen molar-refractivity contribution in [3.8, 4) is 0 Å². The van der Waals surface area contributed by atoms with Gasteiger partial charge in [-0.05, 0) is 29.2 Å². The third-order valence-corrected chi connectivity index (χ3v) is 5.03. The second kappa shape index (κ2) is 7.21. The van der Waals surface area contributed by atoms with E-state index in [0.717, 1.165) is 11.3 Å². The second-order valence-corrected chi connectivity index (χ2v) is 8.06. The number of carbonyl (C=O) groups is 3. The molecular formula is C19H25N3O6. The minimum Gasteiger partial charge on any atom is -0.465 e. The van der Waals surface area contributed by atoms with E-state index in [1.165, 1.54) is 9.80 Å². The maximum Gasteiger partial charge on any atom is 0.414 e. The van der Waals surface area contributed by atoms with Gasteiger partial charge >= 0.3 is 18.3 Å². The number of benzene rings is 1. The fraction of sp³-hybridized carbons (Fsp3) is 0.526. The highest BCUT2D eigenvalue weighted by molar-refractivity contribution is 5.92. The number of fused-ring (bicyclic) bond motifs is 1. The summed E-state index contributed by atoms with van der Waals surface area (Å²) in [5.74, 6) is 0. The minimum absolute atomic E-state index is 0.227. The molecule has 1 unspecified atom stereocenters. The normalized spacial score (nSPS) is 20.8. The van der Waals surface area contributed by atoms with E-state index < -0.39 is 35.8 Å². The van der Waals surface area contributed by atoms with Crippen LogP contribution >= 0.6 is 0 Å². The van der Waals surface area contributed by atoms with Gasteiger partial charge in [0.15, 0.2) is 0 Å². The molecule has 2 aliphatic rings. The van der Waals surface area contributed by atoms with E-state index in [0.29, 0.717) is 12.1 Å². The topological polar surface area (TPSA) is 108 Å². The molecule has 2 heterocycles. The molecule has 2 N–H and O–H groups in total. The van der Waals surface area contributed by atoms with Gasteiger partial charge in [-0.3, -0.25) is 9.80 Å². The van der Waals surface area contributed by atoms with Crippen LogP contribution in [0.4, 0.5) is 25.8 Å². The van der Waals surface area contributed by atoms with Crippen molar-refractivity contribution in [3.63, 3.8) is 0 Å². The van der Waals surface area contributed by atoms with Gasteiger partial charge < -0.3 is 19.9 Å². The van der Waals surface area contributed by atoms with Crippen LogP contribution in [0, 0.1) is 5.41 Å². The summed E-state index contributed by atoms with van der Waals surface area (Å²) >= 11 is 0. The van der Waals surface area contributed by atoms with Crippen molar-refractivity contribution in [2.24, 2.45) is 5.41 Å². The van der Waals surface area contributed by atoms with Gasteiger partial charge in [-0.15, -0.1) is 0 Å². The van der Waals surface area contributed by atoms with E-state index >= 15 is 0 Å². The zero-order valence-electron chi connectivity index (χ0n) is 16.4. The van der Waals surface area contributed by atoms with Gasteiger partial charge in [-0.25, -0.2) is 14.4 Å². The van der Waals surface area contributed by atoms with E-state index in [9.17, 15) is 14.4 Å². The quantitative estimate of drug-likeness (QED) is 0.820. The Balaban J connectivity index is 1.85. The summed E-state index contributed by atoms with van der Waals surface area (Å²) < 4.78 is 10.6. The van der Waals surface area contributed by atoms with E-state index in [-0.39, 0.29) is 13.2 Å². The Labute approximate surface area is 163 Å². The number of carbonyl (C=O) groups excluding carboxylic acids is 2. The van der Waals surface area contributed by atoms with Crippen LogP contribution in [0.15, 0.2) is 18.2 Å². The lowest BCUT2D eigenvalue weighted by molar-refractivity contribution is 0.0754. The number of nitrogens with zero attached hydrogens (tertiary/aromatic N) is 2. The monoisotopic (exact) mass is 391 g/mol. The fourth-order valence-electron chi connectivity index (χ4n) is 3.58. The number of carboxylic acid groups (broad SMARTS) is 1. The number of amides is 3. The molecular weight excluding hydrogens is 366 g/mol. The first kappa shape index (κ1) is 19.8. The molecule has 0 spiro atoms. The summed E-state index contributed by atoms with van der Waals surface area (Å²) in [6.45, 7) is 6.16. The van der Waals surface area contributed by atoms with Crippen molar-refractivity contribution >= 4 is 29.7 Å². The molecule has 2 atom stereocenters. The molecule has 152 valence electrons. The van der Waals surface area contributed by atoms with Crippen LogP contribution in [0.1, 0.15) is 26.3 Å². The van der Waals surface area contributed by atoms with Crippen LogP contribution in [0.3, 0.4) is 0 Å². The first-order valence-electron chi connectivity index (χ1n) is 9.09. The lowest BCUT2D eigenvalue weighted by Gasteiger charge is -2.33. The van der Waals surface area contributed by atoms with Crippen molar-refractivity contribution in [3.05, 3.63) is 23.8 Å². The van der Waals surface area contributed by atoms with Gasteiger partial charge in [0, 0.05) is 19.2 Å². The number of nitrogens with one attached hydrogen (secondary N) is 1. The number of hydrogen-bond donors (Lipinski definition) is 2. The standard InChI is InChI=1S/C19H25N3O6/c1-19(2,3)15(20-16(23)24)14-10-22(18(26)28-14)12-5-6-13-11(9-12)7-8-27-17(25)21(13)4/h5-6,9,14-15,20H,7-8,10H2,1-4H3,(H,23,24)/t14-,15?/m0/s1. The summed E-state index contributed by atoms with van der Waals surface area (Å²) in [4.78, 5) is 38.4. The zero-order chi connectivity index (χ0) is 20.6. The summed E-state index contributed by atoms with van der Waals surface area (Å²) in [5.41, 5.74) is 1.82. The predicted molar refractivity (Wildman–Crippen MR) is 102 cm³/mol. The maximum absolute atomic E-state index is 12.5. The number of rotatable bonds is 3. The molecule has 1 aromatic carbocycles. The molecule has 0 aromatic heterocycles. The molecule has 1 saturated heterocycles. The lowest BCUT2D eigenvalue weighted by Crippen LogP contribution is -2.52. The van der Waals surface area contributed by atoms with Crippen molar-refractivity contribution < 1.29 is 29.0 Å². The molecule has 0 aliphatic carbocycles. The first-order valence-corrected chi connectivity index (χ1v) is 9.09. The average molecular weight is 391 g/mol. The predicted octanol–water partition coefficient (Wildman–Crippen LogP) is 2.82. The van der Waals surface area contributed by atoms with Crippen molar-refractivity contribution in [1.29, 1.82) is 0 Å². The van der Waals surface area contributed by atoms with Crippen LogP contribution in [-0.2, 0) is 15.9 Å². The van der Waals surface area contributed by atoms with Crippen LogP contribution < -0.4 is 15.1 Å². The Bertz CT molecular complexity index is 803.